The smallest absolute Gasteiger partial charge is 0.251 e. The molecule has 2 rings (SSSR count). The summed E-state index contributed by atoms with van der Waals surface area (Å²) in [6, 6.07) is 7.39. The van der Waals surface area contributed by atoms with E-state index >= 15 is 0 Å². The summed E-state index contributed by atoms with van der Waals surface area (Å²) >= 11 is 0. The summed E-state index contributed by atoms with van der Waals surface area (Å²) in [5.41, 5.74) is 1.58. The lowest BCUT2D eigenvalue weighted by atomic mass is 9.93. The monoisotopic (exact) mass is 317 g/mol. The fourth-order valence-electron chi connectivity index (χ4n) is 2.88. The van der Waals surface area contributed by atoms with Gasteiger partial charge in [0.1, 0.15) is 0 Å². The summed E-state index contributed by atoms with van der Waals surface area (Å²) in [6.45, 7) is 5.11. The average Bonchev–Trinajstić information content (AvgIpc) is 2.59. The van der Waals surface area contributed by atoms with Gasteiger partial charge in [-0.3, -0.25) is 9.59 Å². The Morgan fingerprint density at radius 2 is 2.00 bits per heavy atom. The van der Waals surface area contributed by atoms with E-state index in [0.29, 0.717) is 31.0 Å². The first-order chi connectivity index (χ1) is 11.2. The molecule has 3 N–H and O–H groups in total. The van der Waals surface area contributed by atoms with Gasteiger partial charge in [-0.25, -0.2) is 0 Å². The van der Waals surface area contributed by atoms with Crippen LogP contribution in [0.3, 0.4) is 0 Å². The second-order valence-electron chi connectivity index (χ2n) is 6.07. The van der Waals surface area contributed by atoms with Crippen LogP contribution in [0.15, 0.2) is 24.3 Å². The molecule has 126 valence electrons. The molecule has 2 amide bonds. The van der Waals surface area contributed by atoms with E-state index in [2.05, 4.69) is 16.0 Å². The predicted molar refractivity (Wildman–Crippen MR) is 91.1 cm³/mol. The summed E-state index contributed by atoms with van der Waals surface area (Å²) in [6.07, 6.45) is 3.89. The molecule has 0 aromatic heterocycles. The number of benzene rings is 1. The molecule has 1 fully saturated rings. The van der Waals surface area contributed by atoms with Gasteiger partial charge in [-0.15, -0.1) is 0 Å². The Hall–Kier alpha value is -1.88. The minimum atomic E-state index is -0.0772. The number of hydrogen-bond donors (Lipinski definition) is 3. The molecule has 5 heteroatoms. The van der Waals surface area contributed by atoms with Crippen molar-refractivity contribution in [1.82, 2.24) is 16.0 Å². The molecule has 1 aliphatic rings. The summed E-state index contributed by atoms with van der Waals surface area (Å²) in [7, 11) is 0. The largest absolute Gasteiger partial charge is 0.352 e. The van der Waals surface area contributed by atoms with Crippen LogP contribution in [0.1, 0.15) is 48.5 Å². The molecule has 1 heterocycles. The quantitative estimate of drug-likeness (QED) is 0.718. The Morgan fingerprint density at radius 3 is 2.74 bits per heavy atom. The van der Waals surface area contributed by atoms with Gasteiger partial charge in [-0.05, 0) is 62.9 Å². The van der Waals surface area contributed by atoms with Crippen LogP contribution in [0.2, 0.25) is 0 Å². The van der Waals surface area contributed by atoms with E-state index in [9.17, 15) is 9.59 Å². The first-order valence-electron chi connectivity index (χ1n) is 8.53. The second-order valence-corrected chi connectivity index (χ2v) is 6.07. The molecule has 0 unspecified atom stereocenters. The van der Waals surface area contributed by atoms with Gasteiger partial charge in [-0.1, -0.05) is 12.1 Å². The molecule has 1 aromatic carbocycles. The highest BCUT2D eigenvalue weighted by Gasteiger charge is 2.14. The van der Waals surface area contributed by atoms with Crippen LogP contribution in [0.25, 0.3) is 0 Å². The molecule has 1 aromatic rings. The first kappa shape index (κ1) is 17.5. The van der Waals surface area contributed by atoms with Crippen molar-refractivity contribution >= 4 is 11.8 Å². The number of carbonyl (C=O) groups excluding carboxylic acids is 2. The van der Waals surface area contributed by atoms with Crippen LogP contribution in [0.5, 0.6) is 0 Å². The lowest BCUT2D eigenvalue weighted by Crippen LogP contribution is -2.29. The van der Waals surface area contributed by atoms with Gasteiger partial charge in [0.15, 0.2) is 0 Å². The number of amides is 2. The lowest BCUT2D eigenvalue weighted by molar-refractivity contribution is -0.121. The topological polar surface area (TPSA) is 70.2 Å². The zero-order chi connectivity index (χ0) is 16.5. The highest BCUT2D eigenvalue weighted by Crippen LogP contribution is 2.17. The fourth-order valence-corrected chi connectivity index (χ4v) is 2.88. The molecular weight excluding hydrogens is 290 g/mol. The fraction of sp³-hybridized carbons (Fsp3) is 0.556. The van der Waals surface area contributed by atoms with Gasteiger partial charge in [0.05, 0.1) is 0 Å². The molecule has 0 saturated carbocycles. The van der Waals surface area contributed by atoms with Crippen molar-refractivity contribution in [3.05, 3.63) is 35.4 Å². The molecule has 5 nitrogen and oxygen atoms in total. The molecule has 0 bridgehead atoms. The van der Waals surface area contributed by atoms with Crippen molar-refractivity contribution in [1.29, 1.82) is 0 Å². The van der Waals surface area contributed by atoms with Gasteiger partial charge < -0.3 is 16.0 Å². The predicted octanol–water partition coefficient (Wildman–Crippen LogP) is 1.83. The summed E-state index contributed by atoms with van der Waals surface area (Å²) in [5.74, 6) is 0.682. The Kier molecular flexibility index (Phi) is 7.07. The third-order valence-corrected chi connectivity index (χ3v) is 4.25. The molecule has 1 aliphatic heterocycles. The molecule has 0 spiro atoms. The zero-order valence-electron chi connectivity index (χ0n) is 13.9. The molecule has 23 heavy (non-hydrogen) atoms. The Labute approximate surface area is 138 Å². The highest BCUT2D eigenvalue weighted by molar-refractivity contribution is 5.94. The molecule has 0 radical (unpaired) electrons. The number of piperidine rings is 1. The van der Waals surface area contributed by atoms with Gasteiger partial charge in [0.2, 0.25) is 5.91 Å². The van der Waals surface area contributed by atoms with E-state index in [0.717, 1.165) is 25.1 Å². The summed E-state index contributed by atoms with van der Waals surface area (Å²) in [5, 5.41) is 9.07. The van der Waals surface area contributed by atoms with Crippen molar-refractivity contribution in [2.45, 2.75) is 39.2 Å². The molecule has 0 atom stereocenters. The van der Waals surface area contributed by atoms with E-state index in [1.165, 1.54) is 12.8 Å². The third-order valence-electron chi connectivity index (χ3n) is 4.25. The minimum absolute atomic E-state index is 0.0772. The van der Waals surface area contributed by atoms with E-state index in [1.807, 2.05) is 25.1 Å². The maximum absolute atomic E-state index is 12.0. The van der Waals surface area contributed by atoms with Crippen molar-refractivity contribution in [2.24, 2.45) is 5.92 Å². The highest BCUT2D eigenvalue weighted by atomic mass is 16.2. The van der Waals surface area contributed by atoms with E-state index < -0.39 is 0 Å². The van der Waals surface area contributed by atoms with Crippen LogP contribution in [0, 0.1) is 5.92 Å². The Balaban J connectivity index is 1.75. The number of rotatable bonds is 7. The number of nitrogens with one attached hydrogen (secondary N) is 3. The third kappa shape index (κ3) is 6.02. The molecule has 0 aliphatic carbocycles. The van der Waals surface area contributed by atoms with Gasteiger partial charge in [0.25, 0.3) is 5.91 Å². The zero-order valence-corrected chi connectivity index (χ0v) is 13.9. The SMILES string of the molecule is CCNC(=O)c1cccc(CNC(=O)CCC2CCNCC2)c1. The van der Waals surface area contributed by atoms with Gasteiger partial charge >= 0.3 is 0 Å². The average molecular weight is 317 g/mol. The number of carbonyl (C=O) groups is 2. The number of hydrogen-bond acceptors (Lipinski definition) is 3. The summed E-state index contributed by atoms with van der Waals surface area (Å²) < 4.78 is 0. The maximum Gasteiger partial charge on any atom is 0.251 e. The van der Waals surface area contributed by atoms with Crippen molar-refractivity contribution in [3.63, 3.8) is 0 Å². The van der Waals surface area contributed by atoms with Crippen LogP contribution in [0.4, 0.5) is 0 Å². The van der Waals surface area contributed by atoms with Gasteiger partial charge in [-0.2, -0.15) is 0 Å². The Bertz CT molecular complexity index is 525. The van der Waals surface area contributed by atoms with Crippen LogP contribution >= 0.6 is 0 Å². The van der Waals surface area contributed by atoms with E-state index in [1.54, 1.807) is 6.07 Å². The van der Waals surface area contributed by atoms with Crippen molar-refractivity contribution in [3.8, 4) is 0 Å². The van der Waals surface area contributed by atoms with Crippen LogP contribution < -0.4 is 16.0 Å². The summed E-state index contributed by atoms with van der Waals surface area (Å²) in [4.78, 5) is 23.8. The van der Waals surface area contributed by atoms with Gasteiger partial charge in [0, 0.05) is 25.1 Å². The lowest BCUT2D eigenvalue weighted by Gasteiger charge is -2.22. The Morgan fingerprint density at radius 1 is 1.22 bits per heavy atom. The second kappa shape index (κ2) is 9.30. The molecule has 1 saturated heterocycles. The molecular formula is C18H27N3O2. The normalized spacial score (nSPS) is 15.2. The minimum Gasteiger partial charge on any atom is -0.352 e. The standard InChI is InChI=1S/C18H27N3O2/c1-2-20-18(23)16-5-3-4-15(12-16)13-21-17(22)7-6-14-8-10-19-11-9-14/h3-5,12,14,19H,2,6-11,13H2,1H3,(H,20,23)(H,21,22). The van der Waals surface area contributed by atoms with Crippen molar-refractivity contribution in [2.75, 3.05) is 19.6 Å². The van der Waals surface area contributed by atoms with Crippen LogP contribution in [-0.4, -0.2) is 31.4 Å². The van der Waals surface area contributed by atoms with E-state index in [4.69, 9.17) is 0 Å². The van der Waals surface area contributed by atoms with Crippen molar-refractivity contribution < 1.29 is 9.59 Å². The maximum atomic E-state index is 12.0. The van der Waals surface area contributed by atoms with Crippen LogP contribution in [-0.2, 0) is 11.3 Å². The van der Waals surface area contributed by atoms with E-state index in [-0.39, 0.29) is 11.8 Å². The first-order valence-corrected chi connectivity index (χ1v) is 8.53.